The first-order valence-electron chi connectivity index (χ1n) is 8.86. The van der Waals surface area contributed by atoms with Gasteiger partial charge in [0.15, 0.2) is 0 Å². The number of aryl methyl sites for hydroxylation is 2. The molecule has 3 heterocycles. The quantitative estimate of drug-likeness (QED) is 0.821. The largest absolute Gasteiger partial charge is 0.330 e. The van der Waals surface area contributed by atoms with Crippen LogP contribution in [0.3, 0.4) is 0 Å². The molecule has 5 nitrogen and oxygen atoms in total. The molecule has 2 aromatic rings. The van der Waals surface area contributed by atoms with Crippen LogP contribution in [-0.4, -0.2) is 32.1 Å². The van der Waals surface area contributed by atoms with E-state index in [1.54, 1.807) is 6.07 Å². The van der Waals surface area contributed by atoms with Crippen molar-refractivity contribution in [3.05, 3.63) is 46.0 Å². The van der Waals surface area contributed by atoms with E-state index in [4.69, 9.17) is 11.6 Å². The van der Waals surface area contributed by atoms with Crippen LogP contribution in [0.4, 0.5) is 0 Å². The van der Waals surface area contributed by atoms with E-state index in [9.17, 15) is 4.79 Å². The van der Waals surface area contributed by atoms with Crippen LogP contribution in [0.5, 0.6) is 0 Å². The third-order valence-corrected chi connectivity index (χ3v) is 5.00. The predicted octanol–water partition coefficient (Wildman–Crippen LogP) is 4.18. The summed E-state index contributed by atoms with van der Waals surface area (Å²) in [5.74, 6) is 0.431. The van der Waals surface area contributed by atoms with Crippen LogP contribution in [0.25, 0.3) is 0 Å². The lowest BCUT2D eigenvalue weighted by Crippen LogP contribution is -2.31. The molecule has 2 aromatic heterocycles. The second-order valence-electron chi connectivity index (χ2n) is 7.19. The van der Waals surface area contributed by atoms with Crippen molar-refractivity contribution < 1.29 is 4.79 Å². The van der Waals surface area contributed by atoms with Crippen LogP contribution in [0.2, 0.25) is 5.15 Å². The second-order valence-corrected chi connectivity index (χ2v) is 7.54. The van der Waals surface area contributed by atoms with Crippen molar-refractivity contribution in [1.82, 2.24) is 19.7 Å². The molecule has 0 N–H and O–H groups in total. The van der Waals surface area contributed by atoms with Gasteiger partial charge in [0.05, 0.1) is 11.7 Å². The summed E-state index contributed by atoms with van der Waals surface area (Å²) in [5.41, 5.74) is 3.24. The Hall–Kier alpha value is -1.88. The number of hydrogen-bond donors (Lipinski definition) is 0. The van der Waals surface area contributed by atoms with Crippen LogP contribution in [-0.2, 0) is 6.54 Å². The van der Waals surface area contributed by atoms with Crippen LogP contribution < -0.4 is 0 Å². The van der Waals surface area contributed by atoms with Gasteiger partial charge in [-0.2, -0.15) is 5.10 Å². The Morgan fingerprint density at radius 1 is 1.36 bits per heavy atom. The number of halogens is 1. The van der Waals surface area contributed by atoms with E-state index in [1.165, 1.54) is 0 Å². The lowest BCUT2D eigenvalue weighted by Gasteiger charge is -2.25. The fraction of sp³-hybridized carbons (Fsp3) is 0.526. The van der Waals surface area contributed by atoms with Gasteiger partial charge in [0.1, 0.15) is 10.8 Å². The molecule has 1 aliphatic rings. The summed E-state index contributed by atoms with van der Waals surface area (Å²) in [5, 5.41) is 5.27. The molecular formula is C19H25ClN4O. The average Bonchev–Trinajstić information content (AvgIpc) is 3.11. The van der Waals surface area contributed by atoms with Crippen LogP contribution in [0, 0.1) is 19.8 Å². The molecule has 3 rings (SSSR count). The van der Waals surface area contributed by atoms with Gasteiger partial charge in [-0.15, -0.1) is 0 Å². The highest BCUT2D eigenvalue weighted by atomic mass is 35.5. The summed E-state index contributed by atoms with van der Waals surface area (Å²) in [7, 11) is 0. The summed E-state index contributed by atoms with van der Waals surface area (Å²) in [4.78, 5) is 19.3. The fourth-order valence-electron chi connectivity index (χ4n) is 3.53. The molecule has 25 heavy (non-hydrogen) atoms. The second kappa shape index (κ2) is 7.16. The Bertz CT molecular complexity index is 784. The van der Waals surface area contributed by atoms with E-state index in [0.717, 1.165) is 42.9 Å². The lowest BCUT2D eigenvalue weighted by atomic mass is 10.1. The molecule has 0 spiro atoms. The first kappa shape index (κ1) is 17.9. The van der Waals surface area contributed by atoms with Gasteiger partial charge in [-0.25, -0.2) is 4.98 Å². The molecule has 1 aliphatic heterocycles. The van der Waals surface area contributed by atoms with Crippen LogP contribution in [0.1, 0.15) is 60.2 Å². The highest BCUT2D eigenvalue weighted by Crippen LogP contribution is 2.38. The monoisotopic (exact) mass is 360 g/mol. The number of amides is 1. The van der Waals surface area contributed by atoms with Crippen molar-refractivity contribution in [3.63, 3.8) is 0 Å². The number of carbonyl (C=O) groups is 1. The maximum absolute atomic E-state index is 13.0. The van der Waals surface area contributed by atoms with E-state index in [1.807, 2.05) is 35.6 Å². The first-order valence-corrected chi connectivity index (χ1v) is 9.23. The van der Waals surface area contributed by atoms with E-state index >= 15 is 0 Å². The van der Waals surface area contributed by atoms with E-state index < -0.39 is 0 Å². The van der Waals surface area contributed by atoms with E-state index in [-0.39, 0.29) is 11.9 Å². The molecule has 0 saturated carbocycles. The molecule has 0 radical (unpaired) electrons. The Balaban J connectivity index is 1.92. The van der Waals surface area contributed by atoms with Crippen LogP contribution >= 0.6 is 11.6 Å². The smallest absolute Gasteiger partial charge is 0.272 e. The lowest BCUT2D eigenvalue weighted by molar-refractivity contribution is 0.0729. The van der Waals surface area contributed by atoms with Gasteiger partial charge >= 0.3 is 0 Å². The molecule has 6 heteroatoms. The highest BCUT2D eigenvalue weighted by molar-refractivity contribution is 6.30. The van der Waals surface area contributed by atoms with Crippen molar-refractivity contribution in [1.29, 1.82) is 0 Å². The molecule has 134 valence electrons. The van der Waals surface area contributed by atoms with Crippen molar-refractivity contribution >= 4 is 17.5 Å². The summed E-state index contributed by atoms with van der Waals surface area (Å²) < 4.78 is 1.86. The molecule has 0 bridgehead atoms. The number of rotatable bonds is 4. The minimum absolute atomic E-state index is 0.0248. The minimum atomic E-state index is -0.0294. The van der Waals surface area contributed by atoms with Gasteiger partial charge in [-0.3, -0.25) is 9.48 Å². The standard InChI is InChI=1S/C19H25ClN4O/c1-12(2)11-24-18(20)17(14(4)22-24)16-9-6-10-23(16)19(25)15-8-5-7-13(3)21-15/h5,7-8,12,16H,6,9-11H2,1-4H3/t16-/m0/s1. The molecule has 1 atom stereocenters. The Kier molecular flexibility index (Phi) is 5.13. The summed E-state index contributed by atoms with van der Waals surface area (Å²) in [6.07, 6.45) is 1.87. The van der Waals surface area contributed by atoms with Crippen molar-refractivity contribution in [3.8, 4) is 0 Å². The topological polar surface area (TPSA) is 51.0 Å². The zero-order valence-electron chi connectivity index (χ0n) is 15.3. The average molecular weight is 361 g/mol. The maximum atomic E-state index is 13.0. The number of hydrogen-bond acceptors (Lipinski definition) is 3. The normalized spacial score (nSPS) is 17.5. The summed E-state index contributed by atoms with van der Waals surface area (Å²) >= 11 is 6.64. The summed E-state index contributed by atoms with van der Waals surface area (Å²) in [6, 6.07) is 5.53. The fourth-order valence-corrected chi connectivity index (χ4v) is 3.90. The molecule has 0 unspecified atom stereocenters. The molecule has 1 amide bonds. The zero-order chi connectivity index (χ0) is 18.1. The number of likely N-dealkylation sites (tertiary alicyclic amines) is 1. The Morgan fingerprint density at radius 3 is 2.80 bits per heavy atom. The molecule has 0 aliphatic carbocycles. The van der Waals surface area contributed by atoms with Gasteiger partial charge in [0.2, 0.25) is 0 Å². The number of carbonyl (C=O) groups excluding carboxylic acids is 1. The number of aromatic nitrogens is 3. The van der Waals surface area contributed by atoms with Gasteiger partial charge in [0.25, 0.3) is 5.91 Å². The third-order valence-electron chi connectivity index (χ3n) is 4.60. The maximum Gasteiger partial charge on any atom is 0.272 e. The Labute approximate surface area is 154 Å². The third kappa shape index (κ3) is 3.56. The highest BCUT2D eigenvalue weighted by Gasteiger charge is 2.35. The number of nitrogens with zero attached hydrogens (tertiary/aromatic N) is 4. The minimum Gasteiger partial charge on any atom is -0.330 e. The number of pyridine rings is 1. The van der Waals surface area contributed by atoms with E-state index in [0.29, 0.717) is 16.8 Å². The van der Waals surface area contributed by atoms with Gasteiger partial charge in [0, 0.05) is 24.3 Å². The van der Waals surface area contributed by atoms with Crippen LogP contribution in [0.15, 0.2) is 18.2 Å². The van der Waals surface area contributed by atoms with Crippen molar-refractivity contribution in [2.24, 2.45) is 5.92 Å². The zero-order valence-corrected chi connectivity index (χ0v) is 16.0. The van der Waals surface area contributed by atoms with Gasteiger partial charge in [-0.05, 0) is 44.7 Å². The van der Waals surface area contributed by atoms with E-state index in [2.05, 4.69) is 23.9 Å². The summed E-state index contributed by atoms with van der Waals surface area (Å²) in [6.45, 7) is 9.66. The van der Waals surface area contributed by atoms with Crippen molar-refractivity contribution in [2.45, 2.75) is 53.1 Å². The Morgan fingerprint density at radius 2 is 2.12 bits per heavy atom. The predicted molar refractivity (Wildman–Crippen MR) is 98.8 cm³/mol. The molecular weight excluding hydrogens is 336 g/mol. The van der Waals surface area contributed by atoms with Gasteiger partial charge in [-0.1, -0.05) is 31.5 Å². The van der Waals surface area contributed by atoms with Gasteiger partial charge < -0.3 is 4.90 Å². The first-order chi connectivity index (χ1) is 11.9. The molecule has 0 aromatic carbocycles. The SMILES string of the molecule is Cc1cccc(C(=O)N2CCC[C@H]2c2c(C)nn(CC(C)C)c2Cl)n1. The van der Waals surface area contributed by atoms with Crippen molar-refractivity contribution in [2.75, 3.05) is 6.54 Å². The molecule has 1 saturated heterocycles. The molecule has 1 fully saturated rings.